The molecule has 132 valence electrons. The Hall–Kier alpha value is -3.21. The van der Waals surface area contributed by atoms with Gasteiger partial charge in [0, 0.05) is 5.56 Å². The average Bonchev–Trinajstić information content (AvgIpc) is 2.66. The van der Waals surface area contributed by atoms with Gasteiger partial charge in [-0.25, -0.2) is 4.39 Å². The van der Waals surface area contributed by atoms with Gasteiger partial charge in [-0.3, -0.25) is 4.79 Å². The standard InChI is InChI=1S/C21H19FN2O2/c1-15(17-11-10-16-6-2-3-7-18(16)12-17)24-21(25)14-26-23-13-19-8-4-5-9-20(19)22/h2-13,15H,14H2,1H3,(H,24,25)/b23-13-/t15-/m1/s1. The normalized spacial score (nSPS) is 12.2. The summed E-state index contributed by atoms with van der Waals surface area (Å²) in [5, 5.41) is 8.77. The molecule has 0 aromatic heterocycles. The zero-order valence-electron chi connectivity index (χ0n) is 14.4. The summed E-state index contributed by atoms with van der Waals surface area (Å²) in [6, 6.07) is 20.2. The molecule has 1 atom stereocenters. The van der Waals surface area contributed by atoms with Crippen molar-refractivity contribution in [3.05, 3.63) is 83.7 Å². The second-order valence-corrected chi connectivity index (χ2v) is 5.93. The van der Waals surface area contributed by atoms with Gasteiger partial charge in [0.15, 0.2) is 6.61 Å². The lowest BCUT2D eigenvalue weighted by Gasteiger charge is -2.14. The van der Waals surface area contributed by atoms with Gasteiger partial charge in [-0.05, 0) is 35.4 Å². The molecule has 3 rings (SSSR count). The molecule has 1 amide bonds. The molecule has 3 aromatic carbocycles. The fourth-order valence-electron chi connectivity index (χ4n) is 2.61. The van der Waals surface area contributed by atoms with Crippen LogP contribution in [-0.4, -0.2) is 18.7 Å². The quantitative estimate of drug-likeness (QED) is 0.535. The van der Waals surface area contributed by atoms with Crippen LogP contribution in [0.15, 0.2) is 71.9 Å². The van der Waals surface area contributed by atoms with Crippen molar-refractivity contribution in [2.45, 2.75) is 13.0 Å². The third-order valence-electron chi connectivity index (χ3n) is 4.02. The molecule has 0 fully saturated rings. The van der Waals surface area contributed by atoms with E-state index in [1.54, 1.807) is 18.2 Å². The number of halogens is 1. The molecule has 0 saturated heterocycles. The summed E-state index contributed by atoms with van der Waals surface area (Å²) in [7, 11) is 0. The van der Waals surface area contributed by atoms with Gasteiger partial charge < -0.3 is 10.2 Å². The van der Waals surface area contributed by atoms with Crippen LogP contribution in [0.5, 0.6) is 0 Å². The molecular formula is C21H19FN2O2. The minimum atomic E-state index is -0.394. The van der Waals surface area contributed by atoms with Crippen LogP contribution in [0, 0.1) is 5.82 Å². The van der Waals surface area contributed by atoms with Crippen molar-refractivity contribution in [2.24, 2.45) is 5.16 Å². The first-order valence-electron chi connectivity index (χ1n) is 8.31. The van der Waals surface area contributed by atoms with Gasteiger partial charge >= 0.3 is 0 Å². The van der Waals surface area contributed by atoms with E-state index in [1.165, 1.54) is 12.3 Å². The van der Waals surface area contributed by atoms with E-state index in [-0.39, 0.29) is 18.6 Å². The number of carbonyl (C=O) groups excluding carboxylic acids is 1. The molecule has 0 unspecified atom stereocenters. The van der Waals surface area contributed by atoms with E-state index in [0.29, 0.717) is 5.56 Å². The van der Waals surface area contributed by atoms with E-state index in [9.17, 15) is 9.18 Å². The second kappa shape index (κ2) is 8.25. The SMILES string of the molecule is C[C@@H](NC(=O)CO/N=C\c1ccccc1F)c1ccc2ccccc2c1. The van der Waals surface area contributed by atoms with Crippen LogP contribution in [0.3, 0.4) is 0 Å². The topological polar surface area (TPSA) is 50.7 Å². The third-order valence-corrected chi connectivity index (χ3v) is 4.02. The summed E-state index contributed by atoms with van der Waals surface area (Å²) < 4.78 is 13.4. The first kappa shape index (κ1) is 17.6. The summed E-state index contributed by atoms with van der Waals surface area (Å²) in [6.07, 6.45) is 1.25. The number of hydrogen-bond acceptors (Lipinski definition) is 3. The van der Waals surface area contributed by atoms with E-state index in [0.717, 1.165) is 16.3 Å². The number of nitrogens with one attached hydrogen (secondary N) is 1. The lowest BCUT2D eigenvalue weighted by atomic mass is 10.0. The van der Waals surface area contributed by atoms with Gasteiger partial charge in [-0.15, -0.1) is 0 Å². The molecule has 0 radical (unpaired) electrons. The Balaban J connectivity index is 1.53. The first-order valence-corrected chi connectivity index (χ1v) is 8.31. The summed E-state index contributed by atoms with van der Waals surface area (Å²) in [4.78, 5) is 16.9. The fourth-order valence-corrected chi connectivity index (χ4v) is 2.61. The molecule has 4 nitrogen and oxygen atoms in total. The highest BCUT2D eigenvalue weighted by molar-refractivity contribution is 5.83. The predicted octanol–water partition coefficient (Wildman–Crippen LogP) is 4.21. The Morgan fingerprint density at radius 1 is 1.12 bits per heavy atom. The molecule has 0 aliphatic carbocycles. The van der Waals surface area contributed by atoms with E-state index in [4.69, 9.17) is 4.84 Å². The van der Waals surface area contributed by atoms with Crippen LogP contribution in [0.25, 0.3) is 10.8 Å². The second-order valence-electron chi connectivity index (χ2n) is 5.93. The molecule has 3 aromatic rings. The highest BCUT2D eigenvalue weighted by Crippen LogP contribution is 2.20. The lowest BCUT2D eigenvalue weighted by Crippen LogP contribution is -2.29. The van der Waals surface area contributed by atoms with Gasteiger partial charge in [-0.2, -0.15) is 0 Å². The minimum absolute atomic E-state index is 0.161. The van der Waals surface area contributed by atoms with Crippen molar-refractivity contribution in [2.75, 3.05) is 6.61 Å². The Morgan fingerprint density at radius 3 is 2.65 bits per heavy atom. The number of rotatable bonds is 6. The van der Waals surface area contributed by atoms with E-state index in [1.807, 2.05) is 43.3 Å². The van der Waals surface area contributed by atoms with E-state index in [2.05, 4.69) is 16.5 Å². The molecule has 0 heterocycles. The first-order chi connectivity index (χ1) is 12.6. The highest BCUT2D eigenvalue weighted by atomic mass is 19.1. The van der Waals surface area contributed by atoms with Crippen molar-refractivity contribution in [3.63, 3.8) is 0 Å². The van der Waals surface area contributed by atoms with Crippen molar-refractivity contribution >= 4 is 22.9 Å². The summed E-state index contributed by atoms with van der Waals surface area (Å²) in [6.45, 7) is 1.67. The molecule has 1 N–H and O–H groups in total. The van der Waals surface area contributed by atoms with Gasteiger partial charge in [0.2, 0.25) is 0 Å². The van der Waals surface area contributed by atoms with Crippen LogP contribution in [0.4, 0.5) is 4.39 Å². The number of carbonyl (C=O) groups is 1. The Labute approximate surface area is 151 Å². The van der Waals surface area contributed by atoms with Gasteiger partial charge in [0.05, 0.1) is 12.3 Å². The molecular weight excluding hydrogens is 331 g/mol. The third kappa shape index (κ3) is 4.45. The smallest absolute Gasteiger partial charge is 0.261 e. The summed E-state index contributed by atoms with van der Waals surface area (Å²) in [5.41, 5.74) is 1.31. The maximum Gasteiger partial charge on any atom is 0.261 e. The fraction of sp³-hybridized carbons (Fsp3) is 0.143. The van der Waals surface area contributed by atoms with E-state index < -0.39 is 5.82 Å². The number of hydrogen-bond donors (Lipinski definition) is 1. The maximum absolute atomic E-state index is 13.4. The molecule has 0 saturated carbocycles. The lowest BCUT2D eigenvalue weighted by molar-refractivity contribution is -0.126. The van der Waals surface area contributed by atoms with Crippen LogP contribution in [-0.2, 0) is 9.63 Å². The number of oxime groups is 1. The number of nitrogens with zero attached hydrogens (tertiary/aromatic N) is 1. The number of benzene rings is 3. The zero-order chi connectivity index (χ0) is 18.4. The highest BCUT2D eigenvalue weighted by Gasteiger charge is 2.10. The molecule has 0 spiro atoms. The van der Waals surface area contributed by atoms with Crippen LogP contribution < -0.4 is 5.32 Å². The molecule has 0 aliphatic rings. The average molecular weight is 350 g/mol. The maximum atomic E-state index is 13.4. The molecule has 26 heavy (non-hydrogen) atoms. The van der Waals surface area contributed by atoms with Crippen LogP contribution in [0.1, 0.15) is 24.1 Å². The van der Waals surface area contributed by atoms with Gasteiger partial charge in [0.1, 0.15) is 5.82 Å². The van der Waals surface area contributed by atoms with Crippen molar-refractivity contribution in [3.8, 4) is 0 Å². The number of fused-ring (bicyclic) bond motifs is 1. The zero-order valence-corrected chi connectivity index (χ0v) is 14.4. The Kier molecular flexibility index (Phi) is 5.59. The number of amides is 1. The van der Waals surface area contributed by atoms with Gasteiger partial charge in [0.25, 0.3) is 5.91 Å². The van der Waals surface area contributed by atoms with Crippen LogP contribution >= 0.6 is 0 Å². The van der Waals surface area contributed by atoms with Gasteiger partial charge in [-0.1, -0.05) is 59.8 Å². The monoisotopic (exact) mass is 350 g/mol. The molecule has 0 bridgehead atoms. The summed E-state index contributed by atoms with van der Waals surface area (Å²) >= 11 is 0. The Bertz CT molecular complexity index is 940. The molecule has 0 aliphatic heterocycles. The predicted molar refractivity (Wildman–Crippen MR) is 100 cm³/mol. The van der Waals surface area contributed by atoms with Crippen molar-refractivity contribution in [1.82, 2.24) is 5.32 Å². The molecule has 5 heteroatoms. The van der Waals surface area contributed by atoms with Crippen LogP contribution in [0.2, 0.25) is 0 Å². The Morgan fingerprint density at radius 2 is 1.85 bits per heavy atom. The van der Waals surface area contributed by atoms with Crippen molar-refractivity contribution < 1.29 is 14.0 Å². The summed E-state index contributed by atoms with van der Waals surface area (Å²) in [5.74, 6) is -0.689. The minimum Gasteiger partial charge on any atom is -0.386 e. The van der Waals surface area contributed by atoms with Crippen molar-refractivity contribution in [1.29, 1.82) is 0 Å². The van der Waals surface area contributed by atoms with E-state index >= 15 is 0 Å². The largest absolute Gasteiger partial charge is 0.386 e.